The standard InChI is InChI=1S/C15H24N2O/c1-11-9-13(7-8-15(11)18-2)14(17-16)10-12-5-3-4-6-12/h7-9,12,14,17H,3-6,10,16H2,1-2H3. The van der Waals surface area contributed by atoms with Crippen LogP contribution in [0.4, 0.5) is 0 Å². The molecule has 2 rings (SSSR count). The van der Waals surface area contributed by atoms with E-state index in [1.807, 2.05) is 6.07 Å². The summed E-state index contributed by atoms with van der Waals surface area (Å²) in [6.45, 7) is 2.07. The molecule has 1 unspecified atom stereocenters. The first kappa shape index (κ1) is 13.4. The molecule has 0 aromatic heterocycles. The van der Waals surface area contributed by atoms with Gasteiger partial charge in [-0.1, -0.05) is 37.8 Å². The van der Waals surface area contributed by atoms with Gasteiger partial charge in [-0.15, -0.1) is 0 Å². The Morgan fingerprint density at radius 2 is 2.11 bits per heavy atom. The molecule has 1 aromatic carbocycles. The minimum absolute atomic E-state index is 0.262. The van der Waals surface area contributed by atoms with Crippen LogP contribution in [0.2, 0.25) is 0 Å². The second-order valence-electron chi connectivity index (χ2n) is 5.33. The van der Waals surface area contributed by atoms with E-state index in [-0.39, 0.29) is 6.04 Å². The molecule has 100 valence electrons. The Balaban J connectivity index is 2.08. The second-order valence-corrected chi connectivity index (χ2v) is 5.33. The number of aryl methyl sites for hydroxylation is 1. The lowest BCUT2D eigenvalue weighted by atomic mass is 9.93. The van der Waals surface area contributed by atoms with E-state index in [0.717, 1.165) is 18.1 Å². The van der Waals surface area contributed by atoms with Crippen LogP contribution in [0.1, 0.15) is 49.3 Å². The molecule has 3 heteroatoms. The molecule has 0 heterocycles. The van der Waals surface area contributed by atoms with Gasteiger partial charge in [0.1, 0.15) is 5.75 Å². The van der Waals surface area contributed by atoms with Crippen molar-refractivity contribution in [2.45, 2.75) is 45.1 Å². The van der Waals surface area contributed by atoms with Gasteiger partial charge in [0.2, 0.25) is 0 Å². The number of hydrogen-bond donors (Lipinski definition) is 2. The highest BCUT2D eigenvalue weighted by molar-refractivity contribution is 5.37. The van der Waals surface area contributed by atoms with Crippen LogP contribution in [0.5, 0.6) is 5.75 Å². The normalized spacial score (nSPS) is 17.9. The number of rotatable bonds is 5. The molecular formula is C15H24N2O. The number of hydrazine groups is 1. The quantitative estimate of drug-likeness (QED) is 0.622. The largest absolute Gasteiger partial charge is 0.496 e. The maximum atomic E-state index is 5.72. The fourth-order valence-corrected chi connectivity index (χ4v) is 3.00. The summed E-state index contributed by atoms with van der Waals surface area (Å²) in [5, 5.41) is 0. The van der Waals surface area contributed by atoms with E-state index in [9.17, 15) is 0 Å². The van der Waals surface area contributed by atoms with E-state index in [1.54, 1.807) is 7.11 Å². The van der Waals surface area contributed by atoms with Crippen molar-refractivity contribution in [3.05, 3.63) is 29.3 Å². The summed E-state index contributed by atoms with van der Waals surface area (Å²) in [7, 11) is 1.71. The number of nitrogens with one attached hydrogen (secondary N) is 1. The van der Waals surface area contributed by atoms with Crippen molar-refractivity contribution in [1.82, 2.24) is 5.43 Å². The Hall–Kier alpha value is -1.06. The third-order valence-corrected chi connectivity index (χ3v) is 4.07. The van der Waals surface area contributed by atoms with Gasteiger partial charge < -0.3 is 4.74 Å². The SMILES string of the molecule is COc1ccc(C(CC2CCCC2)NN)cc1C. The summed E-state index contributed by atoms with van der Waals surface area (Å²) in [5.74, 6) is 7.49. The zero-order valence-electron chi connectivity index (χ0n) is 11.4. The third kappa shape index (κ3) is 3.03. The van der Waals surface area contributed by atoms with Crippen molar-refractivity contribution in [2.75, 3.05) is 7.11 Å². The number of hydrogen-bond acceptors (Lipinski definition) is 3. The van der Waals surface area contributed by atoms with Crippen molar-refractivity contribution < 1.29 is 4.74 Å². The molecule has 0 spiro atoms. The average molecular weight is 248 g/mol. The van der Waals surface area contributed by atoms with E-state index in [1.165, 1.54) is 36.8 Å². The molecule has 1 atom stereocenters. The fraction of sp³-hybridized carbons (Fsp3) is 0.600. The van der Waals surface area contributed by atoms with E-state index >= 15 is 0 Å². The van der Waals surface area contributed by atoms with Gasteiger partial charge in [-0.3, -0.25) is 11.3 Å². The van der Waals surface area contributed by atoms with Crippen molar-refractivity contribution in [1.29, 1.82) is 0 Å². The molecule has 3 N–H and O–H groups in total. The summed E-state index contributed by atoms with van der Waals surface area (Å²) in [4.78, 5) is 0. The Bertz CT molecular complexity index is 386. The van der Waals surface area contributed by atoms with Crippen LogP contribution in [0, 0.1) is 12.8 Å². The van der Waals surface area contributed by atoms with Crippen molar-refractivity contribution in [3.63, 3.8) is 0 Å². The predicted molar refractivity (Wildman–Crippen MR) is 74.4 cm³/mol. The van der Waals surface area contributed by atoms with Crippen LogP contribution in [0.15, 0.2) is 18.2 Å². The Morgan fingerprint density at radius 1 is 1.39 bits per heavy atom. The van der Waals surface area contributed by atoms with Crippen LogP contribution in [-0.4, -0.2) is 7.11 Å². The average Bonchev–Trinajstić information content (AvgIpc) is 2.88. The van der Waals surface area contributed by atoms with E-state index in [0.29, 0.717) is 0 Å². The summed E-state index contributed by atoms with van der Waals surface area (Å²) in [6, 6.07) is 6.59. The van der Waals surface area contributed by atoms with Gasteiger partial charge in [0.15, 0.2) is 0 Å². The summed E-state index contributed by atoms with van der Waals surface area (Å²) < 4.78 is 5.30. The van der Waals surface area contributed by atoms with Gasteiger partial charge in [-0.2, -0.15) is 0 Å². The molecule has 1 fully saturated rings. The molecule has 0 bridgehead atoms. The molecular weight excluding hydrogens is 224 g/mol. The van der Waals surface area contributed by atoms with Gasteiger partial charge in [0.05, 0.1) is 7.11 Å². The molecule has 3 nitrogen and oxygen atoms in total. The highest BCUT2D eigenvalue weighted by Crippen LogP contribution is 2.33. The van der Waals surface area contributed by atoms with E-state index in [2.05, 4.69) is 24.5 Å². The highest BCUT2D eigenvalue weighted by Gasteiger charge is 2.20. The number of benzene rings is 1. The Kier molecular flexibility index (Phi) is 4.61. The van der Waals surface area contributed by atoms with Crippen molar-refractivity contribution in [2.24, 2.45) is 11.8 Å². The molecule has 0 radical (unpaired) electrons. The highest BCUT2D eigenvalue weighted by atomic mass is 16.5. The molecule has 1 aliphatic rings. The summed E-state index contributed by atoms with van der Waals surface area (Å²) in [5.41, 5.74) is 5.40. The molecule has 1 saturated carbocycles. The topological polar surface area (TPSA) is 47.3 Å². The summed E-state index contributed by atoms with van der Waals surface area (Å²) in [6.07, 6.45) is 6.61. The van der Waals surface area contributed by atoms with Gasteiger partial charge >= 0.3 is 0 Å². The lowest BCUT2D eigenvalue weighted by molar-refractivity contribution is 0.396. The fourth-order valence-electron chi connectivity index (χ4n) is 3.00. The lowest BCUT2D eigenvalue weighted by Crippen LogP contribution is -2.29. The van der Waals surface area contributed by atoms with E-state index in [4.69, 9.17) is 10.6 Å². The van der Waals surface area contributed by atoms with Crippen LogP contribution < -0.4 is 16.0 Å². The monoisotopic (exact) mass is 248 g/mol. The lowest BCUT2D eigenvalue weighted by Gasteiger charge is -2.21. The second kappa shape index (κ2) is 6.21. The van der Waals surface area contributed by atoms with Gasteiger partial charge in [0, 0.05) is 6.04 Å². The maximum absolute atomic E-state index is 5.72. The maximum Gasteiger partial charge on any atom is 0.121 e. The Labute approximate surface area is 110 Å². The molecule has 1 aromatic rings. The van der Waals surface area contributed by atoms with Gasteiger partial charge in [0.25, 0.3) is 0 Å². The first-order valence-corrected chi connectivity index (χ1v) is 6.85. The molecule has 0 amide bonds. The van der Waals surface area contributed by atoms with E-state index < -0.39 is 0 Å². The Morgan fingerprint density at radius 3 is 2.67 bits per heavy atom. The summed E-state index contributed by atoms with van der Waals surface area (Å²) >= 11 is 0. The molecule has 18 heavy (non-hydrogen) atoms. The van der Waals surface area contributed by atoms with Crippen LogP contribution in [0.3, 0.4) is 0 Å². The predicted octanol–water partition coefficient (Wildman–Crippen LogP) is 3.09. The minimum Gasteiger partial charge on any atom is -0.496 e. The minimum atomic E-state index is 0.262. The zero-order valence-corrected chi connectivity index (χ0v) is 11.4. The van der Waals surface area contributed by atoms with Gasteiger partial charge in [-0.05, 0) is 36.5 Å². The molecule has 1 aliphatic carbocycles. The van der Waals surface area contributed by atoms with Crippen molar-refractivity contribution >= 4 is 0 Å². The number of methoxy groups -OCH3 is 1. The van der Waals surface area contributed by atoms with Crippen LogP contribution >= 0.6 is 0 Å². The molecule has 0 saturated heterocycles. The smallest absolute Gasteiger partial charge is 0.121 e. The zero-order chi connectivity index (χ0) is 13.0. The van der Waals surface area contributed by atoms with Crippen LogP contribution in [-0.2, 0) is 0 Å². The number of nitrogens with two attached hydrogens (primary N) is 1. The first-order valence-electron chi connectivity index (χ1n) is 6.85. The molecule has 0 aliphatic heterocycles. The van der Waals surface area contributed by atoms with Crippen LogP contribution in [0.25, 0.3) is 0 Å². The first-order chi connectivity index (χ1) is 8.74. The third-order valence-electron chi connectivity index (χ3n) is 4.07. The number of ether oxygens (including phenoxy) is 1. The van der Waals surface area contributed by atoms with Crippen molar-refractivity contribution in [3.8, 4) is 5.75 Å². The van der Waals surface area contributed by atoms with Gasteiger partial charge in [-0.25, -0.2) is 0 Å².